The van der Waals surface area contributed by atoms with Gasteiger partial charge < -0.3 is 10.5 Å². The standard InChI is InChI=1S/C15H15FN2O/c1-10-4-5-11(12(16)9-10)15(17)6-8-19-13-3-2-7-18-14(13)15/h2-5,7,9H,6,8,17H2,1H3/t15-/m0/s1. The fraction of sp³-hybridized carbons (Fsp3) is 0.267. The van der Waals surface area contributed by atoms with E-state index in [0.29, 0.717) is 30.0 Å². The summed E-state index contributed by atoms with van der Waals surface area (Å²) in [6.45, 7) is 2.31. The third-order valence-corrected chi connectivity index (χ3v) is 3.55. The van der Waals surface area contributed by atoms with Crippen LogP contribution in [0.4, 0.5) is 4.39 Å². The van der Waals surface area contributed by atoms with Gasteiger partial charge in [-0.3, -0.25) is 4.98 Å². The lowest BCUT2D eigenvalue weighted by molar-refractivity contribution is 0.229. The highest BCUT2D eigenvalue weighted by atomic mass is 19.1. The van der Waals surface area contributed by atoms with Crippen molar-refractivity contribution >= 4 is 0 Å². The average molecular weight is 258 g/mol. The number of hydrogen-bond donors (Lipinski definition) is 1. The van der Waals surface area contributed by atoms with E-state index in [0.717, 1.165) is 5.56 Å². The molecule has 0 spiro atoms. The van der Waals surface area contributed by atoms with Gasteiger partial charge in [-0.25, -0.2) is 4.39 Å². The van der Waals surface area contributed by atoms with E-state index in [1.165, 1.54) is 6.07 Å². The number of benzene rings is 1. The van der Waals surface area contributed by atoms with Crippen molar-refractivity contribution in [2.45, 2.75) is 18.9 Å². The van der Waals surface area contributed by atoms with Gasteiger partial charge in [0.1, 0.15) is 17.3 Å². The molecule has 1 aromatic heterocycles. The van der Waals surface area contributed by atoms with Crippen molar-refractivity contribution in [3.05, 3.63) is 59.2 Å². The SMILES string of the molecule is Cc1ccc([C@@]2(N)CCOc3cccnc32)c(F)c1. The van der Waals surface area contributed by atoms with E-state index in [9.17, 15) is 4.39 Å². The van der Waals surface area contributed by atoms with Gasteiger partial charge in [-0.05, 0) is 30.7 Å². The number of aryl methyl sites for hydroxylation is 1. The van der Waals surface area contributed by atoms with Crippen LogP contribution in [0.3, 0.4) is 0 Å². The molecule has 0 amide bonds. The van der Waals surface area contributed by atoms with Crippen LogP contribution >= 0.6 is 0 Å². The summed E-state index contributed by atoms with van der Waals surface area (Å²) >= 11 is 0. The van der Waals surface area contributed by atoms with Crippen molar-refractivity contribution in [2.75, 3.05) is 6.61 Å². The Morgan fingerprint density at radius 3 is 3.00 bits per heavy atom. The van der Waals surface area contributed by atoms with Gasteiger partial charge in [0.2, 0.25) is 0 Å². The molecule has 0 aliphatic carbocycles. The molecule has 0 fully saturated rings. The second-order valence-corrected chi connectivity index (χ2v) is 4.90. The van der Waals surface area contributed by atoms with Crippen molar-refractivity contribution in [1.29, 1.82) is 0 Å². The first-order valence-corrected chi connectivity index (χ1v) is 6.25. The number of halogens is 1. The first-order valence-electron chi connectivity index (χ1n) is 6.25. The van der Waals surface area contributed by atoms with Crippen LogP contribution in [0.15, 0.2) is 36.5 Å². The molecule has 0 saturated heterocycles. The summed E-state index contributed by atoms with van der Waals surface area (Å²) in [7, 11) is 0. The number of nitrogens with zero attached hydrogens (tertiary/aromatic N) is 1. The predicted octanol–water partition coefficient (Wildman–Crippen LogP) is 2.51. The Morgan fingerprint density at radius 1 is 1.37 bits per heavy atom. The first kappa shape index (κ1) is 12.1. The molecule has 3 nitrogen and oxygen atoms in total. The highest BCUT2D eigenvalue weighted by Gasteiger charge is 2.39. The second-order valence-electron chi connectivity index (χ2n) is 4.90. The van der Waals surface area contributed by atoms with Gasteiger partial charge in [-0.1, -0.05) is 12.1 Å². The van der Waals surface area contributed by atoms with Gasteiger partial charge in [0.05, 0.1) is 12.1 Å². The van der Waals surface area contributed by atoms with E-state index in [2.05, 4.69) is 4.98 Å². The molecule has 4 heteroatoms. The van der Waals surface area contributed by atoms with E-state index >= 15 is 0 Å². The molecule has 2 N–H and O–H groups in total. The van der Waals surface area contributed by atoms with Crippen LogP contribution in [-0.2, 0) is 5.54 Å². The molecule has 0 bridgehead atoms. The lowest BCUT2D eigenvalue weighted by Crippen LogP contribution is -2.44. The smallest absolute Gasteiger partial charge is 0.143 e. The molecular weight excluding hydrogens is 243 g/mol. The maximum Gasteiger partial charge on any atom is 0.143 e. The summed E-state index contributed by atoms with van der Waals surface area (Å²) in [5, 5.41) is 0. The molecule has 1 aromatic carbocycles. The molecule has 0 saturated carbocycles. The Balaban J connectivity index is 2.19. The summed E-state index contributed by atoms with van der Waals surface area (Å²) in [4.78, 5) is 4.30. The number of pyridine rings is 1. The van der Waals surface area contributed by atoms with E-state index in [1.54, 1.807) is 18.3 Å². The zero-order valence-electron chi connectivity index (χ0n) is 10.7. The predicted molar refractivity (Wildman–Crippen MR) is 70.5 cm³/mol. The quantitative estimate of drug-likeness (QED) is 0.855. The van der Waals surface area contributed by atoms with Crippen molar-refractivity contribution in [1.82, 2.24) is 4.98 Å². The van der Waals surface area contributed by atoms with Crippen LogP contribution < -0.4 is 10.5 Å². The minimum absolute atomic E-state index is 0.291. The van der Waals surface area contributed by atoms with E-state index in [4.69, 9.17) is 10.5 Å². The summed E-state index contributed by atoms with van der Waals surface area (Å²) in [5.74, 6) is 0.345. The van der Waals surface area contributed by atoms with Crippen molar-refractivity contribution < 1.29 is 9.13 Å². The monoisotopic (exact) mass is 258 g/mol. The fourth-order valence-corrected chi connectivity index (χ4v) is 2.53. The third kappa shape index (κ3) is 1.88. The Morgan fingerprint density at radius 2 is 2.21 bits per heavy atom. The van der Waals surface area contributed by atoms with Crippen LogP contribution in [0.25, 0.3) is 0 Å². The highest BCUT2D eigenvalue weighted by Crippen LogP contribution is 2.39. The van der Waals surface area contributed by atoms with E-state index in [-0.39, 0.29) is 5.82 Å². The topological polar surface area (TPSA) is 48.1 Å². The number of aromatic nitrogens is 1. The van der Waals surface area contributed by atoms with E-state index in [1.807, 2.05) is 19.1 Å². The molecule has 1 atom stereocenters. The van der Waals surface area contributed by atoms with E-state index < -0.39 is 5.54 Å². The van der Waals surface area contributed by atoms with Gasteiger partial charge in [0, 0.05) is 18.2 Å². The number of hydrogen-bond acceptors (Lipinski definition) is 3. The Labute approximate surface area is 111 Å². The fourth-order valence-electron chi connectivity index (χ4n) is 2.53. The van der Waals surface area contributed by atoms with Crippen molar-refractivity contribution in [2.24, 2.45) is 5.73 Å². The largest absolute Gasteiger partial charge is 0.491 e. The molecule has 2 heterocycles. The van der Waals surface area contributed by atoms with Gasteiger partial charge in [-0.2, -0.15) is 0 Å². The Hall–Kier alpha value is -1.94. The van der Waals surface area contributed by atoms with Crippen LogP contribution in [0.5, 0.6) is 5.75 Å². The summed E-state index contributed by atoms with van der Waals surface area (Å²) in [6, 6.07) is 8.72. The summed E-state index contributed by atoms with van der Waals surface area (Å²) in [6.07, 6.45) is 2.16. The number of nitrogens with two attached hydrogens (primary N) is 1. The van der Waals surface area contributed by atoms with Crippen molar-refractivity contribution in [3.63, 3.8) is 0 Å². The maximum atomic E-state index is 14.2. The minimum Gasteiger partial charge on any atom is -0.491 e. The second kappa shape index (κ2) is 4.31. The number of rotatable bonds is 1. The highest BCUT2D eigenvalue weighted by molar-refractivity contribution is 5.44. The Kier molecular flexibility index (Phi) is 2.75. The van der Waals surface area contributed by atoms with Gasteiger partial charge in [0.25, 0.3) is 0 Å². The first-order chi connectivity index (χ1) is 9.11. The van der Waals surface area contributed by atoms with Crippen LogP contribution in [0.2, 0.25) is 0 Å². The van der Waals surface area contributed by atoms with Crippen molar-refractivity contribution in [3.8, 4) is 5.75 Å². The Bertz CT molecular complexity index is 629. The normalized spacial score (nSPS) is 21.6. The van der Waals surface area contributed by atoms with Gasteiger partial charge >= 0.3 is 0 Å². The van der Waals surface area contributed by atoms with Crippen LogP contribution in [-0.4, -0.2) is 11.6 Å². The maximum absolute atomic E-state index is 14.2. The lowest BCUT2D eigenvalue weighted by atomic mass is 9.82. The molecule has 2 aromatic rings. The zero-order valence-corrected chi connectivity index (χ0v) is 10.7. The minimum atomic E-state index is -0.924. The number of fused-ring (bicyclic) bond motifs is 1. The lowest BCUT2D eigenvalue weighted by Gasteiger charge is -2.35. The molecule has 0 unspecified atom stereocenters. The van der Waals surface area contributed by atoms with Gasteiger partial charge in [-0.15, -0.1) is 0 Å². The molecule has 19 heavy (non-hydrogen) atoms. The molecular formula is C15H15FN2O. The summed E-state index contributed by atoms with van der Waals surface area (Å²) < 4.78 is 19.8. The molecule has 3 rings (SSSR count). The molecule has 98 valence electrons. The molecule has 1 aliphatic rings. The number of ether oxygens (including phenoxy) is 1. The van der Waals surface area contributed by atoms with Crippen LogP contribution in [0.1, 0.15) is 23.2 Å². The average Bonchev–Trinajstić information content (AvgIpc) is 2.39. The molecule has 1 aliphatic heterocycles. The third-order valence-electron chi connectivity index (χ3n) is 3.55. The van der Waals surface area contributed by atoms with Crippen LogP contribution in [0, 0.1) is 12.7 Å². The zero-order chi connectivity index (χ0) is 13.5. The summed E-state index contributed by atoms with van der Waals surface area (Å²) in [5.41, 5.74) is 7.48. The molecule has 0 radical (unpaired) electrons. The van der Waals surface area contributed by atoms with Gasteiger partial charge in [0.15, 0.2) is 0 Å².